The van der Waals surface area contributed by atoms with Crippen LogP contribution >= 0.6 is 35.3 Å². The fraction of sp³-hybridized carbons (Fsp3) is 0.130. The second-order valence-corrected chi connectivity index (χ2v) is 9.72. The van der Waals surface area contributed by atoms with Crippen LogP contribution in [-0.4, -0.2) is 56.3 Å². The number of anilines is 2. The summed E-state index contributed by atoms with van der Waals surface area (Å²) in [6.45, 7) is 1.01. The number of thiazole rings is 1. The molecule has 0 unspecified atom stereocenters. The maximum atomic E-state index is 12.9. The molecule has 0 aliphatic carbocycles. The number of fused-ring (bicyclic) bond motifs is 1. The van der Waals surface area contributed by atoms with E-state index < -0.39 is 30.4 Å². The van der Waals surface area contributed by atoms with Crippen molar-refractivity contribution in [2.45, 2.75) is 6.92 Å². The standard InChI is InChI=1S/C23H18N4O6S3/c1-2-33-20(31)17(18-19(30)27(10-16(28)29)23(34)36-18)15-11-35-22(25-15)26-21(32)24-14-9-5-7-12-6-3-4-8-13(12)14/h3-9,11H,2,10H2,1H3,(H,28,29)(H2,24,25,26,32)/b18-17+. The van der Waals surface area contributed by atoms with Gasteiger partial charge in [-0.25, -0.2) is 14.6 Å². The van der Waals surface area contributed by atoms with Crippen LogP contribution in [0.2, 0.25) is 0 Å². The number of carboxylic acids is 1. The molecule has 1 aromatic heterocycles. The lowest BCUT2D eigenvalue weighted by Crippen LogP contribution is -2.33. The number of aromatic nitrogens is 1. The van der Waals surface area contributed by atoms with Crippen LogP contribution in [0.3, 0.4) is 0 Å². The molecule has 1 aliphatic heterocycles. The Hall–Kier alpha value is -3.81. The van der Waals surface area contributed by atoms with Crippen molar-refractivity contribution < 1.29 is 29.0 Å². The summed E-state index contributed by atoms with van der Waals surface area (Å²) in [5.74, 6) is -2.79. The molecule has 0 saturated carbocycles. The molecule has 0 atom stereocenters. The van der Waals surface area contributed by atoms with Crippen molar-refractivity contribution in [3.8, 4) is 0 Å². The van der Waals surface area contributed by atoms with Crippen molar-refractivity contribution in [1.82, 2.24) is 9.88 Å². The number of nitrogens with one attached hydrogen (secondary N) is 2. The highest BCUT2D eigenvalue weighted by Gasteiger charge is 2.38. The quantitative estimate of drug-likeness (QED) is 0.228. The molecule has 0 spiro atoms. The molecule has 2 aromatic carbocycles. The van der Waals surface area contributed by atoms with Crippen molar-refractivity contribution in [2.75, 3.05) is 23.8 Å². The van der Waals surface area contributed by atoms with Gasteiger partial charge in [-0.15, -0.1) is 11.3 Å². The lowest BCUT2D eigenvalue weighted by Gasteiger charge is -2.11. The zero-order chi connectivity index (χ0) is 25.8. The molecule has 4 rings (SSSR count). The molecule has 0 radical (unpaired) electrons. The first-order chi connectivity index (χ1) is 17.3. The number of hydrogen-bond donors (Lipinski definition) is 3. The largest absolute Gasteiger partial charge is 0.480 e. The second-order valence-electron chi connectivity index (χ2n) is 7.22. The molecule has 0 bridgehead atoms. The first-order valence-electron chi connectivity index (χ1n) is 10.5. The maximum Gasteiger partial charge on any atom is 0.341 e. The Morgan fingerprint density at radius 2 is 1.89 bits per heavy atom. The first-order valence-corrected chi connectivity index (χ1v) is 12.6. The average Bonchev–Trinajstić information content (AvgIpc) is 3.39. The third-order valence-corrected chi connectivity index (χ3v) is 7.07. The molecule has 36 heavy (non-hydrogen) atoms. The van der Waals surface area contributed by atoms with Crippen molar-refractivity contribution in [1.29, 1.82) is 0 Å². The van der Waals surface area contributed by atoms with Crippen LogP contribution in [0.15, 0.2) is 52.7 Å². The fourth-order valence-corrected chi connectivity index (χ4v) is 5.38. The third kappa shape index (κ3) is 5.37. The maximum absolute atomic E-state index is 12.9. The van der Waals surface area contributed by atoms with Gasteiger partial charge in [-0.2, -0.15) is 0 Å². The monoisotopic (exact) mass is 542 g/mol. The van der Waals surface area contributed by atoms with Crippen LogP contribution in [0.1, 0.15) is 12.6 Å². The number of carbonyl (C=O) groups is 4. The van der Waals surface area contributed by atoms with E-state index in [0.717, 1.165) is 38.8 Å². The fourth-order valence-electron chi connectivity index (χ4n) is 3.37. The number of nitrogens with zero attached hydrogens (tertiary/aromatic N) is 2. The van der Waals surface area contributed by atoms with Crippen LogP contribution in [0.4, 0.5) is 15.6 Å². The summed E-state index contributed by atoms with van der Waals surface area (Å²) in [7, 11) is 0. The summed E-state index contributed by atoms with van der Waals surface area (Å²) in [6.07, 6.45) is 0. The number of thiocarbonyl (C=S) groups is 1. The number of carbonyl (C=O) groups excluding carboxylic acids is 3. The molecule has 1 aliphatic rings. The number of esters is 1. The molecule has 3 amide bonds. The van der Waals surface area contributed by atoms with Gasteiger partial charge in [0, 0.05) is 10.8 Å². The average molecular weight is 543 g/mol. The van der Waals surface area contributed by atoms with Gasteiger partial charge in [-0.3, -0.25) is 19.8 Å². The number of benzene rings is 2. The van der Waals surface area contributed by atoms with E-state index in [1.165, 1.54) is 5.38 Å². The summed E-state index contributed by atoms with van der Waals surface area (Å²) < 4.78 is 5.11. The highest BCUT2D eigenvalue weighted by molar-refractivity contribution is 8.26. The third-order valence-electron chi connectivity index (χ3n) is 4.87. The second kappa shape index (κ2) is 10.8. The molecule has 10 nitrogen and oxygen atoms in total. The normalized spacial score (nSPS) is 14.6. The summed E-state index contributed by atoms with van der Waals surface area (Å²) in [5, 5.41) is 18.0. The number of carboxylic acid groups (broad SMARTS) is 1. The van der Waals surface area contributed by atoms with Gasteiger partial charge in [0.25, 0.3) is 5.91 Å². The zero-order valence-electron chi connectivity index (χ0n) is 18.6. The van der Waals surface area contributed by atoms with Crippen molar-refractivity contribution >= 4 is 90.7 Å². The van der Waals surface area contributed by atoms with Gasteiger partial charge >= 0.3 is 18.0 Å². The van der Waals surface area contributed by atoms with Crippen LogP contribution < -0.4 is 10.6 Å². The highest BCUT2D eigenvalue weighted by atomic mass is 32.2. The summed E-state index contributed by atoms with van der Waals surface area (Å²) in [6, 6.07) is 12.6. The summed E-state index contributed by atoms with van der Waals surface area (Å²) in [4.78, 5) is 54.5. The summed E-state index contributed by atoms with van der Waals surface area (Å²) >= 11 is 6.96. The molecule has 2 heterocycles. The number of ether oxygens (including phenoxy) is 1. The Morgan fingerprint density at radius 1 is 1.14 bits per heavy atom. The number of rotatable bonds is 7. The van der Waals surface area contributed by atoms with E-state index in [-0.39, 0.29) is 32.2 Å². The molecular weight excluding hydrogens is 524 g/mol. The minimum absolute atomic E-state index is 0.00208. The Morgan fingerprint density at radius 3 is 2.64 bits per heavy atom. The molecule has 1 saturated heterocycles. The van der Waals surface area contributed by atoms with Gasteiger partial charge in [0.15, 0.2) is 5.13 Å². The zero-order valence-corrected chi connectivity index (χ0v) is 21.1. The van der Waals surface area contributed by atoms with E-state index in [0.29, 0.717) is 5.69 Å². The Bertz CT molecular complexity index is 1430. The van der Waals surface area contributed by atoms with Gasteiger partial charge in [0.2, 0.25) is 0 Å². The number of urea groups is 1. The topological polar surface area (TPSA) is 138 Å². The number of thioether (sulfide) groups is 1. The number of amides is 3. The van der Waals surface area contributed by atoms with E-state index in [2.05, 4.69) is 15.6 Å². The minimum atomic E-state index is -1.25. The van der Waals surface area contributed by atoms with Crippen LogP contribution in [0.25, 0.3) is 16.3 Å². The Kier molecular flexibility index (Phi) is 7.62. The molecule has 3 N–H and O–H groups in total. The van der Waals surface area contributed by atoms with E-state index in [1.807, 2.05) is 36.4 Å². The number of aliphatic carboxylic acids is 1. The van der Waals surface area contributed by atoms with Gasteiger partial charge < -0.3 is 15.2 Å². The van der Waals surface area contributed by atoms with Crippen LogP contribution in [0, 0.1) is 0 Å². The minimum Gasteiger partial charge on any atom is -0.480 e. The van der Waals surface area contributed by atoms with E-state index in [9.17, 15) is 19.2 Å². The van der Waals surface area contributed by atoms with Gasteiger partial charge in [0.05, 0.1) is 22.9 Å². The molecular formula is C23H18N4O6S3. The van der Waals surface area contributed by atoms with E-state index in [1.54, 1.807) is 13.0 Å². The molecule has 13 heteroatoms. The predicted octanol–water partition coefficient (Wildman–Crippen LogP) is 4.16. The SMILES string of the molecule is CCOC(=O)/C(=C1/SC(=S)N(CC(=O)O)C1=O)c1csc(NC(=O)Nc2cccc3ccccc23)n1. The van der Waals surface area contributed by atoms with Crippen LogP contribution in [-0.2, 0) is 19.1 Å². The van der Waals surface area contributed by atoms with Gasteiger partial charge in [0.1, 0.15) is 16.4 Å². The Labute approximate surface area is 218 Å². The lowest BCUT2D eigenvalue weighted by molar-refractivity contribution is -0.140. The lowest BCUT2D eigenvalue weighted by atomic mass is 10.1. The Balaban J connectivity index is 1.59. The van der Waals surface area contributed by atoms with Crippen LogP contribution in [0.5, 0.6) is 0 Å². The van der Waals surface area contributed by atoms with E-state index >= 15 is 0 Å². The smallest absolute Gasteiger partial charge is 0.341 e. The van der Waals surface area contributed by atoms with Gasteiger partial charge in [-0.1, -0.05) is 60.4 Å². The van der Waals surface area contributed by atoms with Crippen molar-refractivity contribution in [2.24, 2.45) is 0 Å². The molecule has 3 aromatic rings. The van der Waals surface area contributed by atoms with Gasteiger partial charge in [-0.05, 0) is 18.4 Å². The summed E-state index contributed by atoms with van der Waals surface area (Å²) in [5.41, 5.74) is 0.548. The number of hydrogen-bond acceptors (Lipinski definition) is 9. The first kappa shape index (κ1) is 25.3. The van der Waals surface area contributed by atoms with E-state index in [4.69, 9.17) is 22.1 Å². The molecule has 1 fully saturated rings. The van der Waals surface area contributed by atoms with Crippen molar-refractivity contribution in [3.05, 3.63) is 58.4 Å². The van der Waals surface area contributed by atoms with Crippen molar-refractivity contribution in [3.63, 3.8) is 0 Å². The molecule has 184 valence electrons. The highest BCUT2D eigenvalue weighted by Crippen LogP contribution is 2.38. The predicted molar refractivity (Wildman–Crippen MR) is 142 cm³/mol.